The Kier molecular flexibility index (Phi) is 4.68. The summed E-state index contributed by atoms with van der Waals surface area (Å²) in [7, 11) is 1.76. The third-order valence-corrected chi connectivity index (χ3v) is 5.05. The van der Waals surface area contributed by atoms with Gasteiger partial charge in [-0.25, -0.2) is 4.98 Å². The van der Waals surface area contributed by atoms with Gasteiger partial charge in [0.15, 0.2) is 0 Å². The normalized spacial score (nSPS) is 16.1. The van der Waals surface area contributed by atoms with Gasteiger partial charge in [0, 0.05) is 19.7 Å². The molecule has 0 spiro atoms. The molecule has 1 saturated carbocycles. The fourth-order valence-corrected chi connectivity index (χ4v) is 3.66. The second kappa shape index (κ2) is 6.69. The third-order valence-electron chi connectivity index (χ3n) is 3.82. The van der Waals surface area contributed by atoms with Crippen molar-refractivity contribution >= 4 is 11.3 Å². The summed E-state index contributed by atoms with van der Waals surface area (Å²) >= 11 is 1.77. The van der Waals surface area contributed by atoms with E-state index in [4.69, 9.17) is 9.72 Å². The smallest absolute Gasteiger partial charge is 0.122 e. The van der Waals surface area contributed by atoms with E-state index in [-0.39, 0.29) is 6.10 Å². The minimum absolute atomic E-state index is 0.104. The molecule has 1 aliphatic rings. The summed E-state index contributed by atoms with van der Waals surface area (Å²) in [6.45, 7) is 2.99. The van der Waals surface area contributed by atoms with E-state index >= 15 is 0 Å². The minimum atomic E-state index is 0.104. The molecule has 3 nitrogen and oxygen atoms in total. The lowest BCUT2D eigenvalue weighted by atomic mass is 10.1. The maximum absolute atomic E-state index is 5.56. The summed E-state index contributed by atoms with van der Waals surface area (Å²) in [5, 5.41) is 4.66. The number of nitrogens with one attached hydrogen (secondary N) is 1. The molecule has 1 unspecified atom stereocenters. The molecule has 1 fully saturated rings. The summed E-state index contributed by atoms with van der Waals surface area (Å²) in [4.78, 5) is 6.13. The minimum Gasteiger partial charge on any atom is -0.374 e. The van der Waals surface area contributed by atoms with Crippen molar-refractivity contribution in [2.45, 2.75) is 44.9 Å². The second-order valence-corrected chi connectivity index (χ2v) is 6.51. The van der Waals surface area contributed by atoms with Gasteiger partial charge in [0.2, 0.25) is 0 Å². The molecule has 1 aromatic heterocycles. The third kappa shape index (κ3) is 3.51. The molecule has 4 heteroatoms. The van der Waals surface area contributed by atoms with Crippen molar-refractivity contribution < 1.29 is 4.74 Å². The monoisotopic (exact) mass is 302 g/mol. The van der Waals surface area contributed by atoms with Crippen LogP contribution in [0, 0.1) is 0 Å². The van der Waals surface area contributed by atoms with Gasteiger partial charge in [0.05, 0.1) is 10.6 Å². The Bertz CT molecular complexity index is 574. The highest BCUT2D eigenvalue weighted by Crippen LogP contribution is 2.35. The fraction of sp³-hybridized carbons (Fsp3) is 0.471. The Labute approximate surface area is 130 Å². The van der Waals surface area contributed by atoms with Gasteiger partial charge in [-0.3, -0.25) is 0 Å². The van der Waals surface area contributed by atoms with E-state index < -0.39 is 0 Å². The molecule has 0 saturated heterocycles. The number of thiazole rings is 1. The van der Waals surface area contributed by atoms with Crippen LogP contribution in [0.1, 0.15) is 43.0 Å². The number of aromatic nitrogens is 1. The number of nitrogens with zero attached hydrogens (tertiary/aromatic N) is 1. The lowest BCUT2D eigenvalue weighted by molar-refractivity contribution is 0.0996. The molecular weight excluding hydrogens is 280 g/mol. The number of benzene rings is 1. The largest absolute Gasteiger partial charge is 0.374 e. The molecular formula is C17H22N2OS. The van der Waals surface area contributed by atoms with E-state index in [9.17, 15) is 0 Å². The molecule has 2 aromatic rings. The van der Waals surface area contributed by atoms with E-state index in [2.05, 4.69) is 42.6 Å². The van der Waals surface area contributed by atoms with E-state index in [0.29, 0.717) is 6.04 Å². The Balaban J connectivity index is 1.90. The van der Waals surface area contributed by atoms with Crippen molar-refractivity contribution in [3.63, 3.8) is 0 Å². The standard InChI is InChI=1S/C17H22N2OS/c1-3-15(20-2)17-19-14(11-18-13-9-10-13)16(21-17)12-7-5-4-6-8-12/h4-8,13,15,18H,3,9-11H2,1-2H3. The van der Waals surface area contributed by atoms with Gasteiger partial charge in [-0.1, -0.05) is 37.3 Å². The quantitative estimate of drug-likeness (QED) is 0.834. The topological polar surface area (TPSA) is 34.1 Å². The first-order valence-corrected chi connectivity index (χ1v) is 8.44. The molecule has 3 rings (SSSR count). The predicted octanol–water partition coefficient (Wildman–Crippen LogP) is 4.16. The number of rotatable bonds is 7. The average molecular weight is 302 g/mol. The first-order chi connectivity index (χ1) is 10.3. The van der Waals surface area contributed by atoms with Crippen molar-refractivity contribution in [2.75, 3.05) is 7.11 Å². The van der Waals surface area contributed by atoms with Crippen LogP contribution in [0.15, 0.2) is 30.3 Å². The van der Waals surface area contributed by atoms with Crippen molar-refractivity contribution in [3.05, 3.63) is 41.0 Å². The summed E-state index contributed by atoms with van der Waals surface area (Å²) in [6.07, 6.45) is 3.65. The molecule has 112 valence electrons. The molecule has 0 aliphatic heterocycles. The van der Waals surface area contributed by atoms with Crippen LogP contribution in [0.5, 0.6) is 0 Å². The van der Waals surface area contributed by atoms with E-state index in [1.165, 1.54) is 23.3 Å². The molecule has 1 aliphatic carbocycles. The number of hydrogen-bond acceptors (Lipinski definition) is 4. The second-order valence-electron chi connectivity index (χ2n) is 5.48. The van der Waals surface area contributed by atoms with Crippen LogP contribution in [-0.2, 0) is 11.3 Å². The molecule has 0 radical (unpaired) electrons. The fourth-order valence-electron chi connectivity index (χ4n) is 2.41. The van der Waals surface area contributed by atoms with Gasteiger partial charge in [0.1, 0.15) is 11.1 Å². The predicted molar refractivity (Wildman–Crippen MR) is 87.5 cm³/mol. The zero-order chi connectivity index (χ0) is 14.7. The summed E-state index contributed by atoms with van der Waals surface area (Å²) < 4.78 is 5.56. The van der Waals surface area contributed by atoms with Crippen LogP contribution in [0.25, 0.3) is 10.4 Å². The van der Waals surface area contributed by atoms with Crippen LogP contribution >= 0.6 is 11.3 Å². The Hall–Kier alpha value is -1.23. The van der Waals surface area contributed by atoms with Crippen molar-refractivity contribution in [2.24, 2.45) is 0 Å². The molecule has 21 heavy (non-hydrogen) atoms. The maximum Gasteiger partial charge on any atom is 0.122 e. The SMILES string of the molecule is CCC(OC)c1nc(CNC2CC2)c(-c2ccccc2)s1. The Morgan fingerprint density at radius 1 is 1.33 bits per heavy atom. The zero-order valence-corrected chi connectivity index (χ0v) is 13.5. The van der Waals surface area contributed by atoms with Crippen LogP contribution in [-0.4, -0.2) is 18.1 Å². The maximum atomic E-state index is 5.56. The number of methoxy groups -OCH3 is 1. The van der Waals surface area contributed by atoms with Crippen LogP contribution in [0.2, 0.25) is 0 Å². The summed E-state index contributed by atoms with van der Waals surface area (Å²) in [5.41, 5.74) is 2.41. The first-order valence-electron chi connectivity index (χ1n) is 7.63. The number of hydrogen-bond donors (Lipinski definition) is 1. The van der Waals surface area contributed by atoms with Crippen LogP contribution in [0.4, 0.5) is 0 Å². The van der Waals surface area contributed by atoms with Crippen molar-refractivity contribution in [1.82, 2.24) is 10.3 Å². The van der Waals surface area contributed by atoms with Crippen LogP contribution in [0.3, 0.4) is 0 Å². The van der Waals surface area contributed by atoms with Crippen molar-refractivity contribution in [1.29, 1.82) is 0 Å². The molecule has 0 amide bonds. The van der Waals surface area contributed by atoms with E-state index in [1.54, 1.807) is 18.4 Å². The summed E-state index contributed by atoms with van der Waals surface area (Å²) in [5.74, 6) is 0. The lowest BCUT2D eigenvalue weighted by Crippen LogP contribution is -2.16. The van der Waals surface area contributed by atoms with Gasteiger partial charge in [-0.2, -0.15) is 0 Å². The first kappa shape index (κ1) is 14.7. The highest BCUT2D eigenvalue weighted by molar-refractivity contribution is 7.15. The van der Waals surface area contributed by atoms with Crippen LogP contribution < -0.4 is 5.32 Å². The van der Waals surface area contributed by atoms with Gasteiger partial charge >= 0.3 is 0 Å². The molecule has 1 N–H and O–H groups in total. The molecule has 1 aromatic carbocycles. The lowest BCUT2D eigenvalue weighted by Gasteiger charge is -2.08. The van der Waals surface area contributed by atoms with E-state index in [1.807, 2.05) is 0 Å². The number of ether oxygens (including phenoxy) is 1. The highest BCUT2D eigenvalue weighted by atomic mass is 32.1. The van der Waals surface area contributed by atoms with Gasteiger partial charge in [-0.05, 0) is 24.8 Å². The zero-order valence-electron chi connectivity index (χ0n) is 12.6. The van der Waals surface area contributed by atoms with Gasteiger partial charge < -0.3 is 10.1 Å². The molecule has 0 bridgehead atoms. The summed E-state index contributed by atoms with van der Waals surface area (Å²) in [6, 6.07) is 11.2. The molecule has 1 heterocycles. The van der Waals surface area contributed by atoms with Crippen molar-refractivity contribution in [3.8, 4) is 10.4 Å². The van der Waals surface area contributed by atoms with Gasteiger partial charge in [-0.15, -0.1) is 11.3 Å². The van der Waals surface area contributed by atoms with E-state index in [0.717, 1.165) is 23.7 Å². The average Bonchev–Trinajstić information content (AvgIpc) is 3.27. The molecule has 1 atom stereocenters. The Morgan fingerprint density at radius 3 is 2.71 bits per heavy atom. The highest BCUT2D eigenvalue weighted by Gasteiger charge is 2.23. The van der Waals surface area contributed by atoms with Gasteiger partial charge in [0.25, 0.3) is 0 Å². The Morgan fingerprint density at radius 2 is 2.10 bits per heavy atom.